The molecule has 0 aliphatic rings. The van der Waals surface area contributed by atoms with E-state index < -0.39 is 0 Å². The second-order valence-electron chi connectivity index (χ2n) is 12.0. The quantitative estimate of drug-likeness (QED) is 0.187. The van der Waals surface area contributed by atoms with Crippen molar-refractivity contribution in [2.75, 3.05) is 4.90 Å². The van der Waals surface area contributed by atoms with Crippen molar-refractivity contribution in [2.45, 2.75) is 0 Å². The first-order chi connectivity index (χ1) is 23.6. The Morgan fingerprint density at radius 1 is 0.458 bits per heavy atom. The minimum atomic E-state index is -0.345. The molecule has 0 saturated heterocycles. The molecule has 0 amide bonds. The van der Waals surface area contributed by atoms with Gasteiger partial charge in [0.2, 0.25) is 0 Å². The molecule has 10 rings (SSSR count). The highest BCUT2D eigenvalue weighted by atomic mass is 32.1. The van der Waals surface area contributed by atoms with Crippen molar-refractivity contribution >= 4 is 102 Å². The highest BCUT2D eigenvalue weighted by Gasteiger charge is 2.26. The van der Waals surface area contributed by atoms with Crippen molar-refractivity contribution in [2.24, 2.45) is 0 Å². The van der Waals surface area contributed by atoms with Crippen LogP contribution in [-0.2, 0) is 0 Å². The first-order valence-electron chi connectivity index (χ1n) is 15.6. The Morgan fingerprint density at radius 2 is 1.15 bits per heavy atom. The monoisotopic (exact) mass is 659 g/mol. The van der Waals surface area contributed by atoms with Crippen molar-refractivity contribution in [3.8, 4) is 11.1 Å². The third kappa shape index (κ3) is 4.13. The Bertz CT molecular complexity index is 2870. The Hall–Kier alpha value is -5.56. The molecular weight excluding hydrogens is 637 g/mol. The van der Waals surface area contributed by atoms with Crippen molar-refractivity contribution in [3.63, 3.8) is 0 Å². The summed E-state index contributed by atoms with van der Waals surface area (Å²) in [7, 11) is 0. The van der Waals surface area contributed by atoms with E-state index in [9.17, 15) is 4.39 Å². The summed E-state index contributed by atoms with van der Waals surface area (Å²) >= 11 is 3.37. The molecule has 0 aliphatic carbocycles. The zero-order valence-corrected chi connectivity index (χ0v) is 26.8. The molecule has 0 aliphatic heterocycles. The summed E-state index contributed by atoms with van der Waals surface area (Å²) in [6.45, 7) is 0. The van der Waals surface area contributed by atoms with E-state index in [-0.39, 0.29) is 11.6 Å². The van der Waals surface area contributed by atoms with E-state index >= 15 is 4.39 Å². The Kier molecular flexibility index (Phi) is 6.01. The minimum absolute atomic E-state index is 0.308. The zero-order chi connectivity index (χ0) is 31.9. The van der Waals surface area contributed by atoms with E-state index in [2.05, 4.69) is 89.8 Å². The van der Waals surface area contributed by atoms with Gasteiger partial charge in [0, 0.05) is 51.4 Å². The molecule has 6 heteroatoms. The van der Waals surface area contributed by atoms with Crippen molar-refractivity contribution in [1.29, 1.82) is 0 Å². The van der Waals surface area contributed by atoms with Gasteiger partial charge in [0.1, 0.15) is 22.8 Å². The number of hydrogen-bond donors (Lipinski definition) is 0. The van der Waals surface area contributed by atoms with Gasteiger partial charge in [-0.1, -0.05) is 66.7 Å². The van der Waals surface area contributed by atoms with Crippen molar-refractivity contribution < 1.29 is 13.2 Å². The predicted molar refractivity (Wildman–Crippen MR) is 200 cm³/mol. The summed E-state index contributed by atoms with van der Waals surface area (Å²) in [5, 5.41) is 5.40. The number of benzene rings is 7. The molecule has 0 N–H and O–H groups in total. The van der Waals surface area contributed by atoms with Crippen LogP contribution >= 0.6 is 22.7 Å². The number of nitrogens with zero attached hydrogens (tertiary/aromatic N) is 1. The van der Waals surface area contributed by atoms with Crippen LogP contribution in [0, 0.1) is 11.6 Å². The molecule has 0 radical (unpaired) electrons. The van der Waals surface area contributed by atoms with Crippen molar-refractivity contribution in [3.05, 3.63) is 151 Å². The molecule has 3 aromatic heterocycles. The highest BCUT2D eigenvalue weighted by molar-refractivity contribution is 7.26. The first kappa shape index (κ1) is 27.5. The maximum Gasteiger partial charge on any atom is 0.146 e. The molecule has 10 aromatic rings. The number of rotatable bonds is 4. The van der Waals surface area contributed by atoms with Gasteiger partial charge in [-0.05, 0) is 83.9 Å². The maximum absolute atomic E-state index is 15.0. The van der Waals surface area contributed by atoms with Gasteiger partial charge in [-0.15, -0.1) is 22.7 Å². The van der Waals surface area contributed by atoms with Gasteiger partial charge < -0.3 is 9.32 Å². The first-order valence-corrected chi connectivity index (χ1v) is 17.3. The Labute approximate surface area is 281 Å². The van der Waals surface area contributed by atoms with Crippen LogP contribution in [0.2, 0.25) is 0 Å². The van der Waals surface area contributed by atoms with Crippen LogP contribution in [0.4, 0.5) is 25.8 Å². The normalized spacial score (nSPS) is 12.0. The van der Waals surface area contributed by atoms with Gasteiger partial charge in [-0.3, -0.25) is 0 Å². The van der Waals surface area contributed by atoms with Crippen LogP contribution in [0.5, 0.6) is 0 Å². The SMILES string of the molecule is Fc1ccc2oc3c(c(N(c4ccc(-c5ccccc5)cc4)c4cccc5sc6ccccc6c45)cc4sc5ccc(F)cc5c43)c2c1. The summed E-state index contributed by atoms with van der Waals surface area (Å²) in [6.07, 6.45) is 0. The number of halogens is 2. The van der Waals surface area contributed by atoms with Gasteiger partial charge in [0.05, 0.1) is 16.8 Å². The lowest BCUT2D eigenvalue weighted by molar-refractivity contribution is 0.626. The van der Waals surface area contributed by atoms with Gasteiger partial charge in [-0.2, -0.15) is 0 Å². The van der Waals surface area contributed by atoms with Crippen molar-refractivity contribution in [1.82, 2.24) is 0 Å². The highest BCUT2D eigenvalue weighted by Crippen LogP contribution is 2.52. The van der Waals surface area contributed by atoms with E-state index in [0.29, 0.717) is 16.6 Å². The molecular formula is C42H23F2NOS2. The van der Waals surface area contributed by atoms with E-state index in [0.717, 1.165) is 59.1 Å². The molecule has 2 nitrogen and oxygen atoms in total. The number of thiophene rings is 2. The molecule has 0 spiro atoms. The molecule has 48 heavy (non-hydrogen) atoms. The van der Waals surface area contributed by atoms with Crippen LogP contribution < -0.4 is 4.90 Å². The standard InChI is InChI=1S/C42H23F2NOS2/c43-26-15-19-34-30(21-26)40-33(23-38-41(42(40)46-34)31-22-27(44)16-20-36(31)48-38)45(28-17-13-25(14-18-28)24-7-2-1-3-8-24)32-10-6-12-37-39(32)29-9-4-5-11-35(29)47-37/h1-23H. The fourth-order valence-electron chi connectivity index (χ4n) is 7.08. The lowest BCUT2D eigenvalue weighted by Gasteiger charge is -2.27. The fourth-order valence-corrected chi connectivity index (χ4v) is 9.33. The van der Waals surface area contributed by atoms with E-state index in [1.54, 1.807) is 40.9 Å². The second-order valence-corrected chi connectivity index (χ2v) is 14.1. The van der Waals surface area contributed by atoms with Crippen LogP contribution in [0.25, 0.3) is 73.4 Å². The fraction of sp³-hybridized carbons (Fsp3) is 0. The van der Waals surface area contributed by atoms with Crippen LogP contribution in [-0.4, -0.2) is 0 Å². The van der Waals surface area contributed by atoms with Gasteiger partial charge in [0.15, 0.2) is 0 Å². The van der Waals surface area contributed by atoms with Crippen LogP contribution in [0.1, 0.15) is 0 Å². The molecule has 228 valence electrons. The van der Waals surface area contributed by atoms with Gasteiger partial charge in [0.25, 0.3) is 0 Å². The van der Waals surface area contributed by atoms with Gasteiger partial charge in [-0.25, -0.2) is 8.78 Å². The average Bonchev–Trinajstić information content (AvgIpc) is 3.80. The van der Waals surface area contributed by atoms with E-state index in [1.807, 2.05) is 24.3 Å². The molecule has 0 fully saturated rings. The number of fused-ring (bicyclic) bond motifs is 10. The molecule has 0 bridgehead atoms. The van der Waals surface area contributed by atoms with Gasteiger partial charge >= 0.3 is 0 Å². The third-order valence-electron chi connectivity index (χ3n) is 9.17. The molecule has 0 saturated carbocycles. The smallest absolute Gasteiger partial charge is 0.146 e. The summed E-state index contributed by atoms with van der Waals surface area (Å²) in [5.41, 5.74) is 6.28. The Balaban J connectivity index is 1.35. The Morgan fingerprint density at radius 3 is 2.00 bits per heavy atom. The van der Waals surface area contributed by atoms with E-state index in [1.165, 1.54) is 26.9 Å². The van der Waals surface area contributed by atoms with Crippen LogP contribution in [0.15, 0.2) is 144 Å². The number of furan rings is 1. The molecule has 0 unspecified atom stereocenters. The predicted octanol–water partition coefficient (Wildman–Crippen LogP) is 13.7. The van der Waals surface area contributed by atoms with E-state index in [4.69, 9.17) is 4.42 Å². The summed E-state index contributed by atoms with van der Waals surface area (Å²) < 4.78 is 40.6. The third-order valence-corrected chi connectivity index (χ3v) is 11.4. The summed E-state index contributed by atoms with van der Waals surface area (Å²) in [5.74, 6) is -0.653. The zero-order valence-electron chi connectivity index (χ0n) is 25.2. The minimum Gasteiger partial charge on any atom is -0.455 e. The summed E-state index contributed by atoms with van der Waals surface area (Å²) in [6, 6.07) is 45.5. The molecule has 0 atom stereocenters. The average molecular weight is 660 g/mol. The summed E-state index contributed by atoms with van der Waals surface area (Å²) in [4.78, 5) is 2.28. The molecule has 7 aromatic carbocycles. The second kappa shape index (κ2) is 10.5. The maximum atomic E-state index is 15.0. The topological polar surface area (TPSA) is 16.4 Å². The number of hydrogen-bond acceptors (Lipinski definition) is 4. The van der Waals surface area contributed by atoms with Crippen LogP contribution in [0.3, 0.4) is 0 Å². The largest absolute Gasteiger partial charge is 0.455 e. The number of anilines is 3. The lowest BCUT2D eigenvalue weighted by atomic mass is 10.0. The molecule has 3 heterocycles. The lowest BCUT2D eigenvalue weighted by Crippen LogP contribution is -2.10.